The number of sulfonamides is 1. The van der Waals surface area contributed by atoms with E-state index in [-0.39, 0.29) is 17.3 Å². The van der Waals surface area contributed by atoms with E-state index < -0.39 is 10.0 Å². The Labute approximate surface area is 135 Å². The summed E-state index contributed by atoms with van der Waals surface area (Å²) in [6.07, 6.45) is 1.02. The Bertz CT molecular complexity index is 511. The minimum absolute atomic E-state index is 0. The Hall–Kier alpha value is -0.340. The Balaban J connectivity index is 0.00000361. The molecule has 8 heteroatoms. The molecule has 5 nitrogen and oxygen atoms in total. The molecule has 1 rings (SSSR count). The summed E-state index contributed by atoms with van der Waals surface area (Å²) in [5, 5.41) is 3.13. The fourth-order valence-electron chi connectivity index (χ4n) is 1.47. The second kappa shape index (κ2) is 9.57. The molecule has 0 aliphatic heterocycles. The summed E-state index contributed by atoms with van der Waals surface area (Å²) in [6.45, 7) is 3.92. The minimum atomic E-state index is -3.49. The molecular formula is C12H20BrClN2O3S. The monoisotopic (exact) mass is 386 g/mol. The number of hydrogen-bond donors (Lipinski definition) is 2. The summed E-state index contributed by atoms with van der Waals surface area (Å²) >= 11 is 3.29. The predicted octanol–water partition coefficient (Wildman–Crippen LogP) is 2.16. The van der Waals surface area contributed by atoms with Crippen LogP contribution >= 0.6 is 28.3 Å². The first-order valence-electron chi connectivity index (χ1n) is 6.05. The first-order valence-corrected chi connectivity index (χ1v) is 8.32. The van der Waals surface area contributed by atoms with E-state index in [2.05, 4.69) is 32.9 Å². The molecule has 116 valence electrons. The van der Waals surface area contributed by atoms with Crippen molar-refractivity contribution in [2.45, 2.75) is 18.2 Å². The minimum Gasteiger partial charge on any atom is -0.496 e. The van der Waals surface area contributed by atoms with Crippen LogP contribution in [0.15, 0.2) is 27.6 Å². The molecule has 0 spiro atoms. The molecule has 0 aliphatic rings. The Morgan fingerprint density at radius 1 is 1.25 bits per heavy atom. The van der Waals surface area contributed by atoms with E-state index in [0.29, 0.717) is 18.8 Å². The Kier molecular flexibility index (Phi) is 9.41. The zero-order valence-electron chi connectivity index (χ0n) is 11.5. The van der Waals surface area contributed by atoms with E-state index in [0.717, 1.165) is 17.4 Å². The summed E-state index contributed by atoms with van der Waals surface area (Å²) in [4.78, 5) is 0.197. The van der Waals surface area contributed by atoms with Gasteiger partial charge in [-0.15, -0.1) is 12.4 Å². The summed E-state index contributed by atoms with van der Waals surface area (Å²) in [6, 6.07) is 4.68. The van der Waals surface area contributed by atoms with Gasteiger partial charge in [-0.3, -0.25) is 0 Å². The molecule has 0 heterocycles. The van der Waals surface area contributed by atoms with Crippen LogP contribution in [-0.2, 0) is 10.0 Å². The molecule has 0 bridgehead atoms. The number of methoxy groups -OCH3 is 1. The molecule has 0 aliphatic carbocycles. The van der Waals surface area contributed by atoms with Gasteiger partial charge in [-0.1, -0.05) is 6.92 Å². The van der Waals surface area contributed by atoms with E-state index in [1.807, 2.05) is 0 Å². The largest absolute Gasteiger partial charge is 0.496 e. The first kappa shape index (κ1) is 19.7. The summed E-state index contributed by atoms with van der Waals surface area (Å²) in [5.41, 5.74) is 0. The third-order valence-corrected chi connectivity index (χ3v) is 4.57. The lowest BCUT2D eigenvalue weighted by Gasteiger charge is -2.09. The number of halogens is 2. The van der Waals surface area contributed by atoms with Gasteiger partial charge in [0, 0.05) is 19.2 Å². The molecule has 0 saturated carbocycles. The highest BCUT2D eigenvalue weighted by atomic mass is 79.9. The van der Waals surface area contributed by atoms with Crippen LogP contribution in [0, 0.1) is 0 Å². The van der Waals surface area contributed by atoms with Crippen LogP contribution in [0.3, 0.4) is 0 Å². The molecule has 0 amide bonds. The van der Waals surface area contributed by atoms with Gasteiger partial charge in [0.05, 0.1) is 16.5 Å². The fourth-order valence-corrected chi connectivity index (χ4v) is 2.92. The predicted molar refractivity (Wildman–Crippen MR) is 86.3 cm³/mol. The lowest BCUT2D eigenvalue weighted by Crippen LogP contribution is -2.32. The van der Waals surface area contributed by atoms with Crippen molar-refractivity contribution < 1.29 is 13.2 Å². The molecule has 2 N–H and O–H groups in total. The summed E-state index contributed by atoms with van der Waals surface area (Å²) < 4.78 is 32.4. The Morgan fingerprint density at radius 2 is 1.95 bits per heavy atom. The summed E-state index contributed by atoms with van der Waals surface area (Å²) in [5.74, 6) is 0.493. The molecular weight excluding hydrogens is 368 g/mol. The summed E-state index contributed by atoms with van der Waals surface area (Å²) in [7, 11) is -1.99. The average molecular weight is 388 g/mol. The smallest absolute Gasteiger partial charge is 0.240 e. The van der Waals surface area contributed by atoms with Gasteiger partial charge in [0.25, 0.3) is 0 Å². The molecule has 0 fully saturated rings. The highest BCUT2D eigenvalue weighted by Crippen LogP contribution is 2.27. The van der Waals surface area contributed by atoms with Gasteiger partial charge >= 0.3 is 0 Å². The van der Waals surface area contributed by atoms with Crippen LogP contribution < -0.4 is 14.8 Å². The lowest BCUT2D eigenvalue weighted by molar-refractivity contribution is 0.410. The van der Waals surface area contributed by atoms with Crippen LogP contribution in [-0.4, -0.2) is 35.2 Å². The maximum Gasteiger partial charge on any atom is 0.240 e. The molecule has 20 heavy (non-hydrogen) atoms. The zero-order valence-corrected chi connectivity index (χ0v) is 14.7. The number of rotatable bonds is 8. The normalized spacial score (nSPS) is 10.9. The van der Waals surface area contributed by atoms with Crippen LogP contribution in [0.25, 0.3) is 0 Å². The third-order valence-electron chi connectivity index (χ3n) is 2.45. The van der Waals surface area contributed by atoms with Crippen LogP contribution in [0.2, 0.25) is 0 Å². The van der Waals surface area contributed by atoms with Crippen molar-refractivity contribution in [1.29, 1.82) is 0 Å². The number of nitrogens with one attached hydrogen (secondary N) is 2. The van der Waals surface area contributed by atoms with Gasteiger partial charge in [-0.25, -0.2) is 13.1 Å². The average Bonchev–Trinajstić information content (AvgIpc) is 2.38. The van der Waals surface area contributed by atoms with Crippen molar-refractivity contribution in [3.63, 3.8) is 0 Å². The van der Waals surface area contributed by atoms with E-state index in [1.54, 1.807) is 6.07 Å². The van der Waals surface area contributed by atoms with E-state index >= 15 is 0 Å². The topological polar surface area (TPSA) is 67.4 Å². The fraction of sp³-hybridized carbons (Fsp3) is 0.500. The van der Waals surface area contributed by atoms with Crippen LogP contribution in [0.1, 0.15) is 13.3 Å². The second-order valence-corrected chi connectivity index (χ2v) is 6.57. The molecule has 0 aromatic heterocycles. The van der Waals surface area contributed by atoms with Crippen LogP contribution in [0.4, 0.5) is 0 Å². The highest BCUT2D eigenvalue weighted by molar-refractivity contribution is 9.10. The van der Waals surface area contributed by atoms with Crippen molar-refractivity contribution >= 4 is 38.4 Å². The number of hydrogen-bond acceptors (Lipinski definition) is 4. The standard InChI is InChI=1S/C12H19BrN2O3S.ClH/c1-3-6-14-7-8-15-19(16,17)10-4-5-11(13)12(9-10)18-2;/h4-5,9,14-15H,3,6-8H2,1-2H3;1H. The van der Waals surface area contributed by atoms with Gasteiger partial charge < -0.3 is 10.1 Å². The van der Waals surface area contributed by atoms with Crippen molar-refractivity contribution in [2.24, 2.45) is 0 Å². The van der Waals surface area contributed by atoms with Crippen molar-refractivity contribution in [3.05, 3.63) is 22.7 Å². The van der Waals surface area contributed by atoms with Crippen molar-refractivity contribution in [1.82, 2.24) is 10.0 Å². The van der Waals surface area contributed by atoms with Gasteiger partial charge in [0.15, 0.2) is 0 Å². The zero-order chi connectivity index (χ0) is 14.3. The number of benzene rings is 1. The lowest BCUT2D eigenvalue weighted by atomic mass is 10.3. The van der Waals surface area contributed by atoms with Gasteiger partial charge in [-0.2, -0.15) is 0 Å². The molecule has 0 atom stereocenters. The van der Waals surface area contributed by atoms with E-state index in [1.165, 1.54) is 19.2 Å². The van der Waals surface area contributed by atoms with Crippen LogP contribution in [0.5, 0.6) is 5.75 Å². The second-order valence-electron chi connectivity index (χ2n) is 3.94. The highest BCUT2D eigenvalue weighted by Gasteiger charge is 2.15. The molecule has 1 aromatic carbocycles. The molecule has 0 saturated heterocycles. The molecule has 1 aromatic rings. The molecule has 0 unspecified atom stereocenters. The van der Waals surface area contributed by atoms with E-state index in [4.69, 9.17) is 4.74 Å². The molecule has 0 radical (unpaired) electrons. The van der Waals surface area contributed by atoms with E-state index in [9.17, 15) is 8.42 Å². The number of ether oxygens (including phenoxy) is 1. The van der Waals surface area contributed by atoms with Crippen molar-refractivity contribution in [2.75, 3.05) is 26.7 Å². The van der Waals surface area contributed by atoms with Gasteiger partial charge in [-0.05, 0) is 41.0 Å². The third kappa shape index (κ3) is 5.97. The maximum absolute atomic E-state index is 12.0. The SMILES string of the molecule is CCCNCCNS(=O)(=O)c1ccc(Br)c(OC)c1.Cl. The quantitative estimate of drug-likeness (QED) is 0.671. The van der Waals surface area contributed by atoms with Gasteiger partial charge in [0.1, 0.15) is 5.75 Å². The Morgan fingerprint density at radius 3 is 2.55 bits per heavy atom. The first-order chi connectivity index (χ1) is 9.01. The van der Waals surface area contributed by atoms with Crippen molar-refractivity contribution in [3.8, 4) is 5.75 Å². The maximum atomic E-state index is 12.0. The van der Waals surface area contributed by atoms with Gasteiger partial charge in [0.2, 0.25) is 10.0 Å².